The van der Waals surface area contributed by atoms with Gasteiger partial charge in [-0.25, -0.2) is 4.98 Å². The van der Waals surface area contributed by atoms with E-state index in [9.17, 15) is 0 Å². The van der Waals surface area contributed by atoms with Gasteiger partial charge < -0.3 is 9.72 Å². The number of aromatic nitrogens is 2. The highest BCUT2D eigenvalue weighted by molar-refractivity contribution is 5.88. The summed E-state index contributed by atoms with van der Waals surface area (Å²) in [5, 5.41) is 1.12. The van der Waals surface area contributed by atoms with E-state index in [-0.39, 0.29) is 0 Å². The Morgan fingerprint density at radius 2 is 2.22 bits per heavy atom. The fraction of sp³-hybridized carbons (Fsp3) is 0.250. The van der Waals surface area contributed by atoms with Crippen LogP contribution < -0.4 is 4.74 Å². The van der Waals surface area contributed by atoms with E-state index in [1.807, 2.05) is 56.6 Å². The van der Waals surface area contributed by atoms with Crippen LogP contribution in [0.25, 0.3) is 17.0 Å². The molecule has 23 heavy (non-hydrogen) atoms. The second-order valence-corrected chi connectivity index (χ2v) is 5.28. The zero-order valence-electron chi connectivity index (χ0n) is 13.9. The SMILES string of the molecule is C=CCC/C(=C\C=C/C)COc1cc2c(/C=C\C)c[nH]c2cn1. The third-order valence-electron chi connectivity index (χ3n) is 3.52. The van der Waals surface area contributed by atoms with Crippen LogP contribution in [0.4, 0.5) is 0 Å². The van der Waals surface area contributed by atoms with Crippen molar-refractivity contribution < 1.29 is 4.74 Å². The Morgan fingerprint density at radius 1 is 1.35 bits per heavy atom. The number of nitrogens with zero attached hydrogens (tertiary/aromatic N) is 1. The van der Waals surface area contributed by atoms with Crippen LogP contribution >= 0.6 is 0 Å². The molecule has 0 unspecified atom stereocenters. The maximum Gasteiger partial charge on any atom is 0.214 e. The van der Waals surface area contributed by atoms with Gasteiger partial charge in [-0.15, -0.1) is 6.58 Å². The summed E-state index contributed by atoms with van der Waals surface area (Å²) in [4.78, 5) is 7.59. The second-order valence-electron chi connectivity index (χ2n) is 5.28. The molecule has 0 aliphatic heterocycles. The van der Waals surface area contributed by atoms with Crippen molar-refractivity contribution in [2.75, 3.05) is 6.61 Å². The van der Waals surface area contributed by atoms with Crippen molar-refractivity contribution in [3.8, 4) is 5.88 Å². The summed E-state index contributed by atoms with van der Waals surface area (Å²) in [6.07, 6.45) is 17.9. The molecule has 1 N–H and O–H groups in total. The number of pyridine rings is 1. The molecular weight excluding hydrogens is 284 g/mol. The highest BCUT2D eigenvalue weighted by atomic mass is 16.5. The first kappa shape index (κ1) is 16.8. The summed E-state index contributed by atoms with van der Waals surface area (Å²) in [7, 11) is 0. The molecule has 0 atom stereocenters. The average molecular weight is 308 g/mol. The van der Waals surface area contributed by atoms with Crippen molar-refractivity contribution in [1.82, 2.24) is 9.97 Å². The maximum atomic E-state index is 5.89. The van der Waals surface area contributed by atoms with E-state index in [2.05, 4.69) is 28.7 Å². The number of ether oxygens (including phenoxy) is 1. The molecule has 0 amide bonds. The van der Waals surface area contributed by atoms with Gasteiger partial charge in [0.25, 0.3) is 0 Å². The molecule has 0 bridgehead atoms. The molecule has 0 aromatic carbocycles. The summed E-state index contributed by atoms with van der Waals surface area (Å²) in [5.41, 5.74) is 3.39. The topological polar surface area (TPSA) is 37.9 Å². The zero-order valence-corrected chi connectivity index (χ0v) is 13.9. The van der Waals surface area contributed by atoms with Crippen molar-refractivity contribution in [3.05, 3.63) is 66.6 Å². The highest BCUT2D eigenvalue weighted by Gasteiger charge is 2.05. The number of hydrogen-bond donors (Lipinski definition) is 1. The van der Waals surface area contributed by atoms with Crippen LogP contribution in [0, 0.1) is 0 Å². The lowest BCUT2D eigenvalue weighted by molar-refractivity contribution is 0.335. The summed E-state index contributed by atoms with van der Waals surface area (Å²) in [6.45, 7) is 8.34. The molecule has 0 saturated carbocycles. The van der Waals surface area contributed by atoms with E-state index in [0.29, 0.717) is 12.5 Å². The van der Waals surface area contributed by atoms with E-state index >= 15 is 0 Å². The van der Waals surface area contributed by atoms with Gasteiger partial charge in [0.1, 0.15) is 6.61 Å². The maximum absolute atomic E-state index is 5.89. The van der Waals surface area contributed by atoms with Gasteiger partial charge in [0.2, 0.25) is 5.88 Å². The average Bonchev–Trinajstić information content (AvgIpc) is 2.97. The van der Waals surface area contributed by atoms with Crippen LogP contribution in [0.15, 0.2) is 61.0 Å². The Kier molecular flexibility index (Phi) is 6.42. The van der Waals surface area contributed by atoms with Crippen LogP contribution in [0.3, 0.4) is 0 Å². The summed E-state index contributed by atoms with van der Waals surface area (Å²) in [5.74, 6) is 0.646. The van der Waals surface area contributed by atoms with Gasteiger partial charge in [0.05, 0.1) is 11.7 Å². The molecule has 2 heterocycles. The number of allylic oxidation sites excluding steroid dienone is 5. The lowest BCUT2D eigenvalue weighted by Crippen LogP contribution is -2.02. The van der Waals surface area contributed by atoms with Gasteiger partial charge in [-0.3, -0.25) is 0 Å². The number of rotatable bonds is 8. The predicted octanol–water partition coefficient (Wildman–Crippen LogP) is 5.44. The monoisotopic (exact) mass is 308 g/mol. The molecule has 2 aromatic heterocycles. The summed E-state index contributed by atoms with van der Waals surface area (Å²) in [6, 6.07) is 1.99. The Hall–Kier alpha value is -2.55. The van der Waals surface area contributed by atoms with Gasteiger partial charge in [0.15, 0.2) is 0 Å². The number of nitrogens with one attached hydrogen (secondary N) is 1. The lowest BCUT2D eigenvalue weighted by Gasteiger charge is -2.08. The summed E-state index contributed by atoms with van der Waals surface area (Å²) < 4.78 is 5.89. The fourth-order valence-electron chi connectivity index (χ4n) is 2.31. The minimum atomic E-state index is 0.542. The second kappa shape index (κ2) is 8.79. The van der Waals surface area contributed by atoms with Gasteiger partial charge >= 0.3 is 0 Å². The van der Waals surface area contributed by atoms with Crippen LogP contribution in [0.1, 0.15) is 32.3 Å². The number of H-pyrrole nitrogens is 1. The van der Waals surface area contributed by atoms with Crippen molar-refractivity contribution in [3.63, 3.8) is 0 Å². The molecule has 3 nitrogen and oxygen atoms in total. The highest BCUT2D eigenvalue weighted by Crippen LogP contribution is 2.23. The molecule has 2 aromatic rings. The van der Waals surface area contributed by atoms with Crippen LogP contribution in [0.2, 0.25) is 0 Å². The van der Waals surface area contributed by atoms with Crippen LogP contribution in [0.5, 0.6) is 5.88 Å². The van der Waals surface area contributed by atoms with E-state index in [0.717, 1.165) is 29.3 Å². The molecule has 120 valence electrons. The third kappa shape index (κ3) is 4.71. The lowest BCUT2D eigenvalue weighted by atomic mass is 10.1. The first-order chi connectivity index (χ1) is 11.3. The summed E-state index contributed by atoms with van der Waals surface area (Å²) >= 11 is 0. The van der Waals surface area contributed by atoms with Crippen LogP contribution in [-0.2, 0) is 0 Å². The Labute approximate surface area is 138 Å². The quantitative estimate of drug-likeness (QED) is 0.520. The Balaban J connectivity index is 2.13. The molecule has 2 rings (SSSR count). The van der Waals surface area contributed by atoms with Gasteiger partial charge in [-0.2, -0.15) is 0 Å². The van der Waals surface area contributed by atoms with Crippen LogP contribution in [-0.4, -0.2) is 16.6 Å². The number of aromatic amines is 1. The molecule has 0 aliphatic carbocycles. The number of hydrogen-bond acceptors (Lipinski definition) is 2. The Morgan fingerprint density at radius 3 is 2.96 bits per heavy atom. The fourth-order valence-corrected chi connectivity index (χ4v) is 2.31. The van der Waals surface area contributed by atoms with Crippen molar-refractivity contribution in [2.45, 2.75) is 26.7 Å². The smallest absolute Gasteiger partial charge is 0.214 e. The van der Waals surface area contributed by atoms with E-state index in [1.165, 1.54) is 5.57 Å². The van der Waals surface area contributed by atoms with E-state index < -0.39 is 0 Å². The molecule has 0 spiro atoms. The molecule has 0 saturated heterocycles. The van der Waals surface area contributed by atoms with Crippen molar-refractivity contribution >= 4 is 17.0 Å². The molecule has 3 heteroatoms. The molecule has 0 aliphatic rings. The van der Waals surface area contributed by atoms with E-state index in [4.69, 9.17) is 4.74 Å². The molecule has 0 fully saturated rings. The van der Waals surface area contributed by atoms with Gasteiger partial charge in [-0.1, -0.05) is 36.5 Å². The minimum Gasteiger partial charge on any atom is -0.473 e. The normalized spacial score (nSPS) is 12.5. The van der Waals surface area contributed by atoms with E-state index in [1.54, 1.807) is 0 Å². The zero-order chi connectivity index (χ0) is 16.5. The van der Waals surface area contributed by atoms with Crippen molar-refractivity contribution in [2.24, 2.45) is 0 Å². The predicted molar refractivity (Wildman–Crippen MR) is 98.6 cm³/mol. The standard InChI is InChI=1S/C20H24N2O/c1-4-7-10-16(11-8-5-2)15-23-20-12-18-17(9-6-3)13-21-19(18)14-22-20/h4-6,8-9,11-14,21H,1,7,10,15H2,2-3H3/b8-5-,9-6-,16-11+. The molecular formula is C20H24N2O. The minimum absolute atomic E-state index is 0.542. The largest absolute Gasteiger partial charge is 0.473 e. The third-order valence-corrected chi connectivity index (χ3v) is 3.52. The first-order valence-electron chi connectivity index (χ1n) is 7.92. The first-order valence-corrected chi connectivity index (χ1v) is 7.92. The van der Waals surface area contributed by atoms with Gasteiger partial charge in [0, 0.05) is 17.6 Å². The van der Waals surface area contributed by atoms with Crippen molar-refractivity contribution in [1.29, 1.82) is 0 Å². The van der Waals surface area contributed by atoms with Gasteiger partial charge in [-0.05, 0) is 37.8 Å². The Bertz CT molecular complexity index is 735. The number of fused-ring (bicyclic) bond motifs is 1. The molecule has 0 radical (unpaired) electrons.